The van der Waals surface area contributed by atoms with Crippen molar-refractivity contribution < 1.29 is 19.4 Å². The lowest BCUT2D eigenvalue weighted by atomic mass is 10.0. The fourth-order valence-corrected chi connectivity index (χ4v) is 2.90. The number of nitrogens with one attached hydrogen (secondary N) is 1. The van der Waals surface area contributed by atoms with E-state index in [9.17, 15) is 9.59 Å². The molecule has 0 aromatic heterocycles. The van der Waals surface area contributed by atoms with Gasteiger partial charge < -0.3 is 15.2 Å². The Bertz CT molecular complexity index is 534. The molecular weight excluding hydrogens is 338 g/mol. The zero-order valence-electron chi connectivity index (χ0n) is 11.7. The highest BCUT2D eigenvalue weighted by atomic mass is 79.9. The summed E-state index contributed by atoms with van der Waals surface area (Å²) in [4.78, 5) is 23.2. The Morgan fingerprint density at radius 1 is 1.43 bits per heavy atom. The molecule has 1 aromatic rings. The third-order valence-electron chi connectivity index (χ3n) is 3.64. The second-order valence-corrected chi connectivity index (χ2v) is 6.12. The molecule has 5 nitrogen and oxygen atoms in total. The van der Waals surface area contributed by atoms with E-state index >= 15 is 0 Å². The van der Waals surface area contributed by atoms with E-state index < -0.39 is 18.0 Å². The molecule has 21 heavy (non-hydrogen) atoms. The summed E-state index contributed by atoms with van der Waals surface area (Å²) >= 11 is 3.34. The molecule has 0 aliphatic heterocycles. The van der Waals surface area contributed by atoms with Crippen LogP contribution in [0.5, 0.6) is 5.75 Å². The van der Waals surface area contributed by atoms with E-state index in [1.165, 1.54) is 0 Å². The van der Waals surface area contributed by atoms with Gasteiger partial charge in [0.25, 0.3) is 5.91 Å². The minimum absolute atomic E-state index is 0.284. The summed E-state index contributed by atoms with van der Waals surface area (Å²) in [6.45, 7) is 1.65. The van der Waals surface area contributed by atoms with Crippen LogP contribution in [0.1, 0.15) is 26.2 Å². The van der Waals surface area contributed by atoms with E-state index in [0.717, 1.165) is 10.9 Å². The summed E-state index contributed by atoms with van der Waals surface area (Å²) in [7, 11) is 0. The number of amides is 1. The van der Waals surface area contributed by atoms with Crippen molar-refractivity contribution in [2.75, 3.05) is 0 Å². The number of aliphatic carboxylic acids is 1. The average molecular weight is 356 g/mol. The van der Waals surface area contributed by atoms with Crippen LogP contribution in [0.15, 0.2) is 28.7 Å². The third-order valence-corrected chi connectivity index (χ3v) is 4.13. The Morgan fingerprint density at radius 2 is 2.19 bits per heavy atom. The molecule has 6 heteroatoms. The van der Waals surface area contributed by atoms with Gasteiger partial charge in [0.15, 0.2) is 6.10 Å². The van der Waals surface area contributed by atoms with Crippen molar-refractivity contribution in [2.24, 2.45) is 5.92 Å². The van der Waals surface area contributed by atoms with E-state index in [4.69, 9.17) is 9.84 Å². The Morgan fingerprint density at radius 3 is 2.86 bits per heavy atom. The summed E-state index contributed by atoms with van der Waals surface area (Å²) in [6.07, 6.45) is 1.46. The van der Waals surface area contributed by atoms with Crippen LogP contribution in [0.3, 0.4) is 0 Å². The number of carboxylic acids is 1. The van der Waals surface area contributed by atoms with Crippen LogP contribution in [0.2, 0.25) is 0 Å². The minimum Gasteiger partial charge on any atom is -0.481 e. The lowest BCUT2D eigenvalue weighted by Gasteiger charge is -2.21. The van der Waals surface area contributed by atoms with Gasteiger partial charge in [0.05, 0.1) is 5.92 Å². The largest absolute Gasteiger partial charge is 0.481 e. The van der Waals surface area contributed by atoms with Gasteiger partial charge in [-0.2, -0.15) is 0 Å². The zero-order chi connectivity index (χ0) is 15.4. The van der Waals surface area contributed by atoms with Crippen molar-refractivity contribution in [3.63, 3.8) is 0 Å². The second kappa shape index (κ2) is 6.93. The molecule has 1 amide bonds. The molecule has 2 rings (SSSR count). The Kier molecular flexibility index (Phi) is 5.22. The van der Waals surface area contributed by atoms with Gasteiger partial charge in [-0.25, -0.2) is 0 Å². The van der Waals surface area contributed by atoms with Crippen LogP contribution in [-0.2, 0) is 9.59 Å². The predicted octanol–water partition coefficient (Wildman–Crippen LogP) is 2.59. The van der Waals surface area contributed by atoms with Crippen LogP contribution < -0.4 is 10.1 Å². The number of hydrogen-bond donors (Lipinski definition) is 2. The molecule has 1 aliphatic rings. The predicted molar refractivity (Wildman–Crippen MR) is 81.1 cm³/mol. The molecule has 0 bridgehead atoms. The second-order valence-electron chi connectivity index (χ2n) is 5.21. The van der Waals surface area contributed by atoms with E-state index in [0.29, 0.717) is 18.6 Å². The maximum Gasteiger partial charge on any atom is 0.308 e. The van der Waals surface area contributed by atoms with Gasteiger partial charge in [0, 0.05) is 10.5 Å². The molecule has 1 aliphatic carbocycles. The van der Waals surface area contributed by atoms with Crippen LogP contribution in [0.4, 0.5) is 0 Å². The van der Waals surface area contributed by atoms with Gasteiger partial charge in [0.1, 0.15) is 5.75 Å². The summed E-state index contributed by atoms with van der Waals surface area (Å²) in [5.41, 5.74) is 0. The van der Waals surface area contributed by atoms with Crippen molar-refractivity contribution in [1.29, 1.82) is 0 Å². The van der Waals surface area contributed by atoms with E-state index in [-0.39, 0.29) is 11.9 Å². The number of hydrogen-bond acceptors (Lipinski definition) is 3. The van der Waals surface area contributed by atoms with Crippen molar-refractivity contribution >= 4 is 27.8 Å². The topological polar surface area (TPSA) is 75.6 Å². The highest BCUT2D eigenvalue weighted by Crippen LogP contribution is 2.26. The molecule has 1 unspecified atom stereocenters. The Labute approximate surface area is 131 Å². The van der Waals surface area contributed by atoms with Gasteiger partial charge in [-0.3, -0.25) is 9.59 Å². The number of carbonyl (C=O) groups excluding carboxylic acids is 1. The van der Waals surface area contributed by atoms with Crippen molar-refractivity contribution in [3.05, 3.63) is 28.7 Å². The fraction of sp³-hybridized carbons (Fsp3) is 0.467. The van der Waals surface area contributed by atoms with Crippen molar-refractivity contribution in [3.8, 4) is 5.75 Å². The van der Waals surface area contributed by atoms with Gasteiger partial charge in [-0.1, -0.05) is 28.4 Å². The zero-order valence-corrected chi connectivity index (χ0v) is 13.3. The lowest BCUT2D eigenvalue weighted by molar-refractivity contribution is -0.142. The normalized spacial score (nSPS) is 22.6. The smallest absolute Gasteiger partial charge is 0.308 e. The number of benzene rings is 1. The average Bonchev–Trinajstić information content (AvgIpc) is 2.87. The first-order valence-corrected chi connectivity index (χ1v) is 7.72. The van der Waals surface area contributed by atoms with E-state index in [1.54, 1.807) is 19.1 Å². The molecule has 114 valence electrons. The maximum atomic E-state index is 12.1. The maximum absolute atomic E-state index is 12.1. The molecule has 2 N–H and O–H groups in total. The van der Waals surface area contributed by atoms with Gasteiger partial charge >= 0.3 is 5.97 Å². The molecule has 0 saturated heterocycles. The highest BCUT2D eigenvalue weighted by Gasteiger charge is 2.34. The van der Waals surface area contributed by atoms with Crippen LogP contribution in [0.25, 0.3) is 0 Å². The molecule has 1 saturated carbocycles. The highest BCUT2D eigenvalue weighted by molar-refractivity contribution is 9.10. The molecule has 0 heterocycles. The summed E-state index contributed by atoms with van der Waals surface area (Å²) in [5, 5.41) is 11.9. The third kappa shape index (κ3) is 4.20. The van der Waals surface area contributed by atoms with Gasteiger partial charge in [-0.15, -0.1) is 0 Å². The first-order valence-electron chi connectivity index (χ1n) is 6.93. The van der Waals surface area contributed by atoms with Crippen molar-refractivity contribution in [1.82, 2.24) is 5.32 Å². The van der Waals surface area contributed by atoms with Crippen LogP contribution >= 0.6 is 15.9 Å². The number of rotatable bonds is 5. The summed E-state index contributed by atoms with van der Waals surface area (Å²) in [6, 6.07) is 6.93. The van der Waals surface area contributed by atoms with E-state index in [2.05, 4.69) is 21.2 Å². The molecular formula is C15H18BrNO4. The standard InChI is InChI=1S/C15H18BrNO4/c1-9(21-11-5-2-4-10(16)8-11)14(18)17-13-7-3-6-12(13)15(19)20/h2,4-5,8-9,12-13H,3,6-7H2,1H3,(H,17,18)(H,19,20)/t9?,12-,13+/m0/s1. The quantitative estimate of drug-likeness (QED) is 0.850. The molecule has 3 atom stereocenters. The number of carbonyl (C=O) groups is 2. The summed E-state index contributed by atoms with van der Waals surface area (Å²) in [5.74, 6) is -1.04. The number of halogens is 1. The summed E-state index contributed by atoms with van der Waals surface area (Å²) < 4.78 is 6.44. The first kappa shape index (κ1) is 15.8. The fourth-order valence-electron chi connectivity index (χ4n) is 2.53. The van der Waals surface area contributed by atoms with Crippen molar-refractivity contribution in [2.45, 2.75) is 38.3 Å². The monoisotopic (exact) mass is 355 g/mol. The van der Waals surface area contributed by atoms with Crippen LogP contribution in [-0.4, -0.2) is 29.1 Å². The first-order chi connectivity index (χ1) is 9.97. The number of carboxylic acid groups (broad SMARTS) is 1. The Balaban J connectivity index is 1.92. The molecule has 1 aromatic carbocycles. The lowest BCUT2D eigenvalue weighted by Crippen LogP contribution is -2.45. The molecule has 1 fully saturated rings. The molecule has 0 radical (unpaired) electrons. The number of ether oxygens (including phenoxy) is 1. The van der Waals surface area contributed by atoms with Gasteiger partial charge in [0.2, 0.25) is 0 Å². The van der Waals surface area contributed by atoms with Gasteiger partial charge in [-0.05, 0) is 38.0 Å². The molecule has 0 spiro atoms. The van der Waals surface area contributed by atoms with E-state index in [1.807, 2.05) is 12.1 Å². The Hall–Kier alpha value is -1.56. The van der Waals surface area contributed by atoms with Crippen LogP contribution in [0, 0.1) is 5.92 Å². The minimum atomic E-state index is -0.849. The SMILES string of the molecule is CC(Oc1cccc(Br)c1)C(=O)N[C@@H]1CCC[C@@H]1C(=O)O.